The molecular formula is C9H14O5. The lowest BCUT2D eigenvalue weighted by Crippen LogP contribution is -2.51. The molecule has 1 heterocycles. The predicted molar refractivity (Wildman–Crippen MR) is 46.6 cm³/mol. The van der Waals surface area contributed by atoms with Crippen LogP contribution in [-0.4, -0.2) is 34.4 Å². The third-order valence-corrected chi connectivity index (χ3v) is 3.05. The lowest BCUT2D eigenvalue weighted by Gasteiger charge is -2.36. The predicted octanol–water partition coefficient (Wildman–Crippen LogP) is 0.165. The summed E-state index contributed by atoms with van der Waals surface area (Å²) < 4.78 is 4.64. The van der Waals surface area contributed by atoms with E-state index >= 15 is 0 Å². The van der Waals surface area contributed by atoms with Gasteiger partial charge in [0.2, 0.25) is 0 Å². The Bertz CT molecular complexity index is 270. The van der Waals surface area contributed by atoms with Gasteiger partial charge in [-0.25, -0.2) is 0 Å². The van der Waals surface area contributed by atoms with E-state index in [0.29, 0.717) is 0 Å². The first-order chi connectivity index (χ1) is 6.35. The first-order valence-electron chi connectivity index (χ1n) is 4.47. The molecule has 1 aliphatic heterocycles. The van der Waals surface area contributed by atoms with Crippen molar-refractivity contribution >= 4 is 11.9 Å². The van der Waals surface area contributed by atoms with Crippen LogP contribution in [0.4, 0.5) is 0 Å². The number of ether oxygens (including phenoxy) is 1. The van der Waals surface area contributed by atoms with Crippen molar-refractivity contribution in [3.8, 4) is 0 Å². The topological polar surface area (TPSA) is 83.8 Å². The molecule has 0 saturated carbocycles. The smallest absolute Gasteiger partial charge is 0.316 e. The molecule has 5 heteroatoms. The first-order valence-corrected chi connectivity index (χ1v) is 4.47. The van der Waals surface area contributed by atoms with Crippen LogP contribution in [0.1, 0.15) is 26.7 Å². The van der Waals surface area contributed by atoms with Crippen LogP contribution in [0.2, 0.25) is 0 Å². The average molecular weight is 202 g/mol. The minimum atomic E-state index is -1.49. The van der Waals surface area contributed by atoms with Crippen LogP contribution < -0.4 is 0 Å². The van der Waals surface area contributed by atoms with Crippen LogP contribution in [0.3, 0.4) is 0 Å². The van der Waals surface area contributed by atoms with Crippen LogP contribution in [0.5, 0.6) is 0 Å². The quantitative estimate of drug-likeness (QED) is 0.637. The molecule has 1 fully saturated rings. The number of aliphatic hydroxyl groups is 1. The number of carbonyl (C=O) groups is 2. The van der Waals surface area contributed by atoms with E-state index in [1.54, 1.807) is 6.92 Å². The summed E-state index contributed by atoms with van der Waals surface area (Å²) in [5.41, 5.74) is -2.91. The monoisotopic (exact) mass is 202 g/mol. The maximum Gasteiger partial charge on any atom is 0.316 e. The minimum Gasteiger partial charge on any atom is -0.481 e. The van der Waals surface area contributed by atoms with Crippen LogP contribution in [0.25, 0.3) is 0 Å². The Kier molecular flexibility index (Phi) is 2.54. The van der Waals surface area contributed by atoms with E-state index in [2.05, 4.69) is 4.74 Å². The molecule has 0 bridgehead atoms. The Labute approximate surface area is 81.7 Å². The van der Waals surface area contributed by atoms with E-state index in [9.17, 15) is 14.7 Å². The van der Waals surface area contributed by atoms with E-state index in [-0.39, 0.29) is 19.4 Å². The first kappa shape index (κ1) is 11.0. The second kappa shape index (κ2) is 3.24. The van der Waals surface area contributed by atoms with Crippen molar-refractivity contribution in [2.75, 3.05) is 6.61 Å². The van der Waals surface area contributed by atoms with Crippen LogP contribution in [0, 0.1) is 5.41 Å². The molecule has 0 radical (unpaired) electrons. The molecule has 80 valence electrons. The molecule has 5 nitrogen and oxygen atoms in total. The fourth-order valence-corrected chi connectivity index (χ4v) is 1.60. The van der Waals surface area contributed by atoms with Gasteiger partial charge in [0.15, 0.2) is 0 Å². The van der Waals surface area contributed by atoms with Crippen LogP contribution in [-0.2, 0) is 14.3 Å². The Balaban J connectivity index is 3.06. The minimum absolute atomic E-state index is 0.248. The molecule has 0 spiro atoms. The molecule has 0 aromatic rings. The molecule has 1 rings (SSSR count). The summed E-state index contributed by atoms with van der Waals surface area (Å²) in [5.74, 6) is -1.75. The van der Waals surface area contributed by atoms with Gasteiger partial charge in [0, 0.05) is 0 Å². The van der Waals surface area contributed by atoms with Crippen LogP contribution in [0.15, 0.2) is 0 Å². The molecule has 2 atom stereocenters. The number of rotatable bonds is 3. The maximum absolute atomic E-state index is 11.1. The Morgan fingerprint density at radius 2 is 2.29 bits per heavy atom. The number of aliphatic carboxylic acids is 1. The van der Waals surface area contributed by atoms with Gasteiger partial charge in [-0.15, -0.1) is 0 Å². The standard InChI is InChI=1S/C9H14O5/c1-3-8(2,13)9(7(11)12)4-6(10)14-5-9/h13H,3-5H2,1-2H3,(H,11,12). The lowest BCUT2D eigenvalue weighted by molar-refractivity contribution is -0.167. The van der Waals surface area contributed by atoms with Crippen molar-refractivity contribution in [3.63, 3.8) is 0 Å². The normalized spacial score (nSPS) is 30.9. The molecular weight excluding hydrogens is 188 g/mol. The Morgan fingerprint density at radius 3 is 2.57 bits per heavy atom. The highest BCUT2D eigenvalue weighted by atomic mass is 16.5. The molecule has 0 amide bonds. The molecule has 1 saturated heterocycles. The van der Waals surface area contributed by atoms with Gasteiger partial charge < -0.3 is 14.9 Å². The number of carboxylic acids is 1. The van der Waals surface area contributed by atoms with E-state index in [1.807, 2.05) is 0 Å². The molecule has 0 aromatic carbocycles. The lowest BCUT2D eigenvalue weighted by atomic mass is 9.70. The van der Waals surface area contributed by atoms with Crippen molar-refractivity contribution in [1.29, 1.82) is 0 Å². The van der Waals surface area contributed by atoms with Gasteiger partial charge in [-0.1, -0.05) is 6.92 Å². The largest absolute Gasteiger partial charge is 0.481 e. The van der Waals surface area contributed by atoms with E-state index in [1.165, 1.54) is 6.92 Å². The third-order valence-electron chi connectivity index (χ3n) is 3.05. The summed E-state index contributed by atoms with van der Waals surface area (Å²) in [6, 6.07) is 0. The van der Waals surface area contributed by atoms with Crippen molar-refractivity contribution in [1.82, 2.24) is 0 Å². The summed E-state index contributed by atoms with van der Waals surface area (Å²) in [6.45, 7) is 2.85. The highest BCUT2D eigenvalue weighted by molar-refractivity contribution is 5.86. The maximum atomic E-state index is 11.1. The zero-order chi connectivity index (χ0) is 11.0. The van der Waals surface area contributed by atoms with Gasteiger partial charge >= 0.3 is 11.9 Å². The van der Waals surface area contributed by atoms with Crippen molar-refractivity contribution in [3.05, 3.63) is 0 Å². The molecule has 14 heavy (non-hydrogen) atoms. The van der Waals surface area contributed by atoms with Gasteiger partial charge in [-0.2, -0.15) is 0 Å². The van der Waals surface area contributed by atoms with E-state index in [4.69, 9.17) is 5.11 Å². The fraction of sp³-hybridized carbons (Fsp3) is 0.778. The zero-order valence-corrected chi connectivity index (χ0v) is 8.24. The number of esters is 1. The molecule has 0 aromatic heterocycles. The summed E-state index contributed by atoms with van der Waals surface area (Å²) in [5, 5.41) is 19.0. The van der Waals surface area contributed by atoms with Gasteiger partial charge in [0.05, 0.1) is 12.0 Å². The molecule has 1 aliphatic rings. The number of hydrogen-bond donors (Lipinski definition) is 2. The fourth-order valence-electron chi connectivity index (χ4n) is 1.60. The van der Waals surface area contributed by atoms with Crippen LogP contribution >= 0.6 is 0 Å². The number of carbonyl (C=O) groups excluding carboxylic acids is 1. The van der Waals surface area contributed by atoms with Crippen molar-refractivity contribution in [2.45, 2.75) is 32.3 Å². The summed E-state index contributed by atoms with van der Waals surface area (Å²) in [4.78, 5) is 22.0. The summed E-state index contributed by atoms with van der Waals surface area (Å²) in [6.07, 6.45) is -0.000880. The highest BCUT2D eigenvalue weighted by Crippen LogP contribution is 2.42. The average Bonchev–Trinajstić information content (AvgIpc) is 2.49. The van der Waals surface area contributed by atoms with Crippen molar-refractivity contribution < 1.29 is 24.5 Å². The van der Waals surface area contributed by atoms with E-state index < -0.39 is 23.0 Å². The molecule has 2 N–H and O–H groups in total. The highest BCUT2D eigenvalue weighted by Gasteiger charge is 2.58. The van der Waals surface area contributed by atoms with E-state index in [0.717, 1.165) is 0 Å². The van der Waals surface area contributed by atoms with Gasteiger partial charge in [-0.05, 0) is 13.3 Å². The second-order valence-corrected chi connectivity index (χ2v) is 3.85. The SMILES string of the molecule is CCC(C)(O)C1(C(=O)O)COC(=O)C1. The Hall–Kier alpha value is -1.10. The van der Waals surface area contributed by atoms with Gasteiger partial charge in [-0.3, -0.25) is 9.59 Å². The zero-order valence-electron chi connectivity index (χ0n) is 8.24. The number of carboxylic acid groups (broad SMARTS) is 1. The number of hydrogen-bond acceptors (Lipinski definition) is 4. The third kappa shape index (κ3) is 1.37. The Morgan fingerprint density at radius 1 is 1.71 bits per heavy atom. The van der Waals surface area contributed by atoms with Gasteiger partial charge in [0.1, 0.15) is 12.0 Å². The van der Waals surface area contributed by atoms with Crippen molar-refractivity contribution in [2.24, 2.45) is 5.41 Å². The number of cyclic esters (lactones) is 1. The summed E-state index contributed by atoms with van der Waals surface area (Å²) >= 11 is 0. The van der Waals surface area contributed by atoms with Gasteiger partial charge in [0.25, 0.3) is 0 Å². The second-order valence-electron chi connectivity index (χ2n) is 3.85. The molecule has 2 unspecified atom stereocenters. The molecule has 0 aliphatic carbocycles. The summed E-state index contributed by atoms with van der Waals surface area (Å²) in [7, 11) is 0.